The van der Waals surface area contributed by atoms with Gasteiger partial charge in [0, 0.05) is 13.1 Å². The molecule has 9 heteroatoms. The molecule has 1 unspecified atom stereocenters. The van der Waals surface area contributed by atoms with Gasteiger partial charge >= 0.3 is 12.1 Å². The van der Waals surface area contributed by atoms with Crippen molar-refractivity contribution in [2.45, 2.75) is 31.6 Å². The maximum atomic E-state index is 12.9. The van der Waals surface area contributed by atoms with Crippen LogP contribution in [0.4, 0.5) is 19.0 Å². The minimum Gasteiger partial charge on any atom is -0.477 e. The zero-order valence-corrected chi connectivity index (χ0v) is 14.7. The number of hydrogen-bond donors (Lipinski definition) is 2. The number of hydrogen-bond acceptors (Lipinski definition) is 4. The summed E-state index contributed by atoms with van der Waals surface area (Å²) < 4.78 is 38.6. The van der Waals surface area contributed by atoms with Crippen molar-refractivity contribution in [1.29, 1.82) is 0 Å². The molecular formula is C19H18F3N3O3. The highest BCUT2D eigenvalue weighted by Gasteiger charge is 2.32. The molecule has 0 saturated carbocycles. The standard InChI is InChI=1S/C19H18F3N3O3/c20-19(21,22)13-5-1-4-12(10-13)11-25-9-3-7-14(17(25)26)23-16-8-2-6-15(24-16)18(27)28/h1-2,4-6,8,10,14H,3,7,9,11H2,(H,23,24)(H,27,28). The van der Waals surface area contributed by atoms with E-state index in [1.54, 1.807) is 12.1 Å². The smallest absolute Gasteiger partial charge is 0.416 e. The number of anilines is 1. The Morgan fingerprint density at radius 3 is 2.71 bits per heavy atom. The van der Waals surface area contributed by atoms with Gasteiger partial charge in [0.1, 0.15) is 11.9 Å². The number of carbonyl (C=O) groups is 2. The average molecular weight is 393 g/mol. The fourth-order valence-corrected chi connectivity index (χ4v) is 3.11. The van der Waals surface area contributed by atoms with Gasteiger partial charge in [-0.25, -0.2) is 9.78 Å². The molecule has 2 N–H and O–H groups in total. The molecule has 2 heterocycles. The number of aromatic carboxylic acids is 1. The lowest BCUT2D eigenvalue weighted by Crippen LogP contribution is -2.47. The zero-order valence-electron chi connectivity index (χ0n) is 14.7. The van der Waals surface area contributed by atoms with E-state index < -0.39 is 23.8 Å². The second kappa shape index (κ2) is 7.87. The Morgan fingerprint density at radius 1 is 1.25 bits per heavy atom. The minimum absolute atomic E-state index is 0.0729. The number of carbonyl (C=O) groups excluding carboxylic acids is 1. The number of amides is 1. The molecule has 1 aromatic heterocycles. The van der Waals surface area contributed by atoms with Crippen LogP contribution in [0.15, 0.2) is 42.5 Å². The highest BCUT2D eigenvalue weighted by molar-refractivity contribution is 5.87. The fraction of sp³-hybridized carbons (Fsp3) is 0.316. The van der Waals surface area contributed by atoms with E-state index in [1.807, 2.05) is 0 Å². The number of halogens is 3. The molecule has 0 spiro atoms. The Kier molecular flexibility index (Phi) is 5.53. The third-order valence-electron chi connectivity index (χ3n) is 4.45. The molecule has 3 rings (SSSR count). The highest BCUT2D eigenvalue weighted by Crippen LogP contribution is 2.30. The van der Waals surface area contributed by atoms with Crippen LogP contribution < -0.4 is 5.32 Å². The van der Waals surface area contributed by atoms with Gasteiger partial charge in [-0.15, -0.1) is 0 Å². The van der Waals surface area contributed by atoms with Gasteiger partial charge in [0.25, 0.3) is 0 Å². The van der Waals surface area contributed by atoms with Gasteiger partial charge in [0.2, 0.25) is 5.91 Å². The number of nitrogens with one attached hydrogen (secondary N) is 1. The van der Waals surface area contributed by atoms with Crippen molar-refractivity contribution < 1.29 is 27.9 Å². The van der Waals surface area contributed by atoms with Crippen LogP contribution in [-0.2, 0) is 17.5 Å². The second-order valence-electron chi connectivity index (χ2n) is 6.51. The number of piperidine rings is 1. The van der Waals surface area contributed by atoms with Gasteiger partial charge in [-0.1, -0.05) is 18.2 Å². The SMILES string of the molecule is O=C(O)c1cccc(NC2CCCN(Cc3cccc(C(F)(F)F)c3)C2=O)n1. The molecule has 148 valence electrons. The van der Waals surface area contributed by atoms with Crippen molar-refractivity contribution in [1.82, 2.24) is 9.88 Å². The number of carboxylic acids is 1. The number of aromatic nitrogens is 1. The van der Waals surface area contributed by atoms with Crippen LogP contribution in [0.5, 0.6) is 0 Å². The topological polar surface area (TPSA) is 82.5 Å². The molecular weight excluding hydrogens is 375 g/mol. The quantitative estimate of drug-likeness (QED) is 0.814. The summed E-state index contributed by atoms with van der Waals surface area (Å²) in [7, 11) is 0. The molecule has 0 bridgehead atoms. The highest BCUT2D eigenvalue weighted by atomic mass is 19.4. The third-order valence-corrected chi connectivity index (χ3v) is 4.45. The first-order chi connectivity index (χ1) is 13.2. The first kappa shape index (κ1) is 19.7. The molecule has 1 atom stereocenters. The molecule has 0 radical (unpaired) electrons. The summed E-state index contributed by atoms with van der Waals surface area (Å²) in [5, 5.41) is 11.9. The molecule has 1 aliphatic heterocycles. The molecule has 1 fully saturated rings. The summed E-state index contributed by atoms with van der Waals surface area (Å²) in [5.41, 5.74) is -0.497. The molecule has 1 amide bonds. The van der Waals surface area contributed by atoms with Crippen molar-refractivity contribution in [2.75, 3.05) is 11.9 Å². The van der Waals surface area contributed by atoms with Crippen molar-refractivity contribution in [3.63, 3.8) is 0 Å². The monoisotopic (exact) mass is 393 g/mol. The molecule has 2 aromatic rings. The van der Waals surface area contributed by atoms with E-state index in [-0.39, 0.29) is 24.0 Å². The molecule has 6 nitrogen and oxygen atoms in total. The van der Waals surface area contributed by atoms with E-state index in [0.29, 0.717) is 24.9 Å². The number of rotatable bonds is 5. The Bertz CT molecular complexity index is 886. The molecule has 1 aromatic carbocycles. The maximum Gasteiger partial charge on any atom is 0.416 e. The number of nitrogens with zero attached hydrogens (tertiary/aromatic N) is 2. The van der Waals surface area contributed by atoms with Crippen molar-refractivity contribution in [3.8, 4) is 0 Å². The van der Waals surface area contributed by atoms with Gasteiger partial charge in [-0.05, 0) is 42.7 Å². The van der Waals surface area contributed by atoms with Gasteiger partial charge in [0.15, 0.2) is 5.69 Å². The Morgan fingerprint density at radius 2 is 2.00 bits per heavy atom. The van der Waals surface area contributed by atoms with Gasteiger partial charge in [-0.2, -0.15) is 13.2 Å². The Hall–Kier alpha value is -3.10. The van der Waals surface area contributed by atoms with Gasteiger partial charge in [0.05, 0.1) is 5.56 Å². The lowest BCUT2D eigenvalue weighted by atomic mass is 10.0. The molecule has 28 heavy (non-hydrogen) atoms. The van der Waals surface area contributed by atoms with Gasteiger partial charge < -0.3 is 15.3 Å². The van der Waals surface area contributed by atoms with Crippen LogP contribution in [0.25, 0.3) is 0 Å². The van der Waals surface area contributed by atoms with Crippen molar-refractivity contribution in [3.05, 3.63) is 59.3 Å². The average Bonchev–Trinajstić information content (AvgIpc) is 2.65. The number of pyridine rings is 1. The summed E-state index contributed by atoms with van der Waals surface area (Å²) in [4.78, 5) is 29.2. The Labute approximate surface area is 159 Å². The first-order valence-electron chi connectivity index (χ1n) is 8.66. The fourth-order valence-electron chi connectivity index (χ4n) is 3.11. The summed E-state index contributed by atoms with van der Waals surface area (Å²) in [6.45, 7) is 0.513. The predicted molar refractivity (Wildman–Crippen MR) is 94.7 cm³/mol. The first-order valence-corrected chi connectivity index (χ1v) is 8.66. The molecule has 1 aliphatic rings. The van der Waals surface area contributed by atoms with E-state index in [4.69, 9.17) is 5.11 Å². The van der Waals surface area contributed by atoms with Crippen LogP contribution in [0.1, 0.15) is 34.5 Å². The van der Waals surface area contributed by atoms with Crippen molar-refractivity contribution in [2.24, 2.45) is 0 Å². The number of likely N-dealkylation sites (tertiary alicyclic amines) is 1. The summed E-state index contributed by atoms with van der Waals surface area (Å²) >= 11 is 0. The minimum atomic E-state index is -4.44. The summed E-state index contributed by atoms with van der Waals surface area (Å²) in [6, 6.07) is 8.72. The van der Waals surface area contributed by atoms with Crippen LogP contribution in [0.2, 0.25) is 0 Å². The van der Waals surface area contributed by atoms with E-state index in [1.165, 1.54) is 23.1 Å². The van der Waals surface area contributed by atoms with Gasteiger partial charge in [-0.3, -0.25) is 4.79 Å². The van der Waals surface area contributed by atoms with Crippen LogP contribution >= 0.6 is 0 Å². The zero-order chi connectivity index (χ0) is 20.3. The summed E-state index contributed by atoms with van der Waals surface area (Å²) in [5.74, 6) is -1.17. The second-order valence-corrected chi connectivity index (χ2v) is 6.51. The lowest BCUT2D eigenvalue weighted by Gasteiger charge is -2.33. The third kappa shape index (κ3) is 4.59. The van der Waals surface area contributed by atoms with Crippen molar-refractivity contribution >= 4 is 17.7 Å². The van der Waals surface area contributed by atoms with E-state index in [2.05, 4.69) is 10.3 Å². The lowest BCUT2D eigenvalue weighted by molar-refractivity contribution is -0.137. The molecule has 1 saturated heterocycles. The van der Waals surface area contributed by atoms with Crippen LogP contribution in [0.3, 0.4) is 0 Å². The number of carboxylic acid groups (broad SMARTS) is 1. The predicted octanol–water partition coefficient (Wildman–Crippen LogP) is 3.40. The number of benzene rings is 1. The largest absolute Gasteiger partial charge is 0.477 e. The van der Waals surface area contributed by atoms with E-state index in [9.17, 15) is 22.8 Å². The van der Waals surface area contributed by atoms with Crippen LogP contribution in [-0.4, -0.2) is 39.5 Å². The Balaban J connectivity index is 1.71. The molecule has 0 aliphatic carbocycles. The summed E-state index contributed by atoms with van der Waals surface area (Å²) in [6.07, 6.45) is -3.25. The number of alkyl halides is 3. The maximum absolute atomic E-state index is 12.9. The normalized spacial score (nSPS) is 17.5. The van der Waals surface area contributed by atoms with Crippen LogP contribution in [0, 0.1) is 0 Å². The van der Waals surface area contributed by atoms with E-state index >= 15 is 0 Å². The van der Waals surface area contributed by atoms with E-state index in [0.717, 1.165) is 12.1 Å².